The van der Waals surface area contributed by atoms with Gasteiger partial charge in [0.05, 0.1) is 0 Å². The van der Waals surface area contributed by atoms with E-state index in [0.717, 1.165) is 0 Å². The average Bonchev–Trinajstić information content (AvgIpc) is 2.35. The molecule has 2 aromatic rings. The van der Waals surface area contributed by atoms with Crippen LogP contribution in [-0.2, 0) is 0 Å². The Bertz CT molecular complexity index is 556. The van der Waals surface area contributed by atoms with E-state index in [1.165, 1.54) is 33.0 Å². The van der Waals surface area contributed by atoms with Gasteiger partial charge in [-0.2, -0.15) is 0 Å². The number of hydrogen-bond donors (Lipinski definition) is 0. The number of allylic oxidation sites excluding steroid dienone is 1. The molecule has 0 radical (unpaired) electrons. The van der Waals surface area contributed by atoms with Gasteiger partial charge in [-0.05, 0) is 55.2 Å². The summed E-state index contributed by atoms with van der Waals surface area (Å²) < 4.78 is 0. The first-order valence-electron chi connectivity index (χ1n) is 6.73. The summed E-state index contributed by atoms with van der Waals surface area (Å²) in [6, 6.07) is 11.0. The third-order valence-electron chi connectivity index (χ3n) is 2.97. The van der Waals surface area contributed by atoms with Gasteiger partial charge < -0.3 is 0 Å². The van der Waals surface area contributed by atoms with Crippen LogP contribution in [0, 0.1) is 13.8 Å². The van der Waals surface area contributed by atoms with E-state index in [0.29, 0.717) is 0 Å². The molecule has 0 aromatic heterocycles. The minimum absolute atomic E-state index is 1.34. The van der Waals surface area contributed by atoms with E-state index < -0.39 is 0 Å². The third kappa shape index (κ3) is 3.01. The molecule has 0 aliphatic rings. The van der Waals surface area contributed by atoms with E-state index in [9.17, 15) is 0 Å². The molecular formula is C18H24. The maximum absolute atomic E-state index is 2.27. The monoisotopic (exact) mass is 240 g/mol. The fourth-order valence-electron chi connectivity index (χ4n) is 2.13. The summed E-state index contributed by atoms with van der Waals surface area (Å²) >= 11 is 0. The minimum atomic E-state index is 1.34. The quantitative estimate of drug-likeness (QED) is 0.581. The summed E-state index contributed by atoms with van der Waals surface area (Å²) in [4.78, 5) is 0. The molecule has 0 spiro atoms. The van der Waals surface area contributed by atoms with Crippen LogP contribution in [0.2, 0.25) is 0 Å². The average molecular weight is 240 g/mol. The SMILES string of the molecule is CC.CC(C)=Cc1c(C)ccc2c(C)cccc12. The smallest absolute Gasteiger partial charge is 0.0106 e. The molecule has 0 aliphatic heterocycles. The molecular weight excluding hydrogens is 216 g/mol. The summed E-state index contributed by atoms with van der Waals surface area (Å²) in [5.74, 6) is 0. The normalized spacial score (nSPS) is 9.67. The topological polar surface area (TPSA) is 0 Å². The Morgan fingerprint density at radius 2 is 1.50 bits per heavy atom. The van der Waals surface area contributed by atoms with Crippen LogP contribution in [0.4, 0.5) is 0 Å². The fraction of sp³-hybridized carbons (Fsp3) is 0.333. The zero-order valence-electron chi connectivity index (χ0n) is 12.5. The molecule has 96 valence electrons. The molecule has 0 N–H and O–H groups in total. The van der Waals surface area contributed by atoms with Crippen molar-refractivity contribution in [3.05, 3.63) is 52.6 Å². The second-order valence-electron chi connectivity index (χ2n) is 4.69. The Morgan fingerprint density at radius 1 is 0.833 bits per heavy atom. The lowest BCUT2D eigenvalue weighted by Crippen LogP contribution is -1.86. The van der Waals surface area contributed by atoms with Crippen molar-refractivity contribution in [3.63, 3.8) is 0 Å². The summed E-state index contributed by atoms with van der Waals surface area (Å²) in [6.45, 7) is 12.6. The van der Waals surface area contributed by atoms with Gasteiger partial charge in [-0.15, -0.1) is 0 Å². The number of rotatable bonds is 1. The molecule has 0 aliphatic carbocycles. The number of fused-ring (bicyclic) bond motifs is 1. The van der Waals surface area contributed by atoms with E-state index in [1.807, 2.05) is 13.8 Å². The van der Waals surface area contributed by atoms with Crippen LogP contribution < -0.4 is 0 Å². The van der Waals surface area contributed by atoms with Crippen LogP contribution in [0.1, 0.15) is 44.4 Å². The van der Waals surface area contributed by atoms with Crippen LogP contribution in [0.25, 0.3) is 16.8 Å². The van der Waals surface area contributed by atoms with Gasteiger partial charge in [0.15, 0.2) is 0 Å². The highest BCUT2D eigenvalue weighted by Crippen LogP contribution is 2.26. The first kappa shape index (κ1) is 14.5. The minimum Gasteiger partial charge on any atom is -0.0758 e. The van der Waals surface area contributed by atoms with Crippen LogP contribution in [0.3, 0.4) is 0 Å². The Kier molecular flexibility index (Phi) is 5.15. The van der Waals surface area contributed by atoms with Gasteiger partial charge in [-0.25, -0.2) is 0 Å². The predicted molar refractivity (Wildman–Crippen MR) is 84.1 cm³/mol. The van der Waals surface area contributed by atoms with Gasteiger partial charge in [0.2, 0.25) is 0 Å². The second-order valence-corrected chi connectivity index (χ2v) is 4.69. The molecule has 2 aromatic carbocycles. The van der Waals surface area contributed by atoms with E-state index in [4.69, 9.17) is 0 Å². The lowest BCUT2D eigenvalue weighted by molar-refractivity contribution is 1.40. The fourth-order valence-corrected chi connectivity index (χ4v) is 2.13. The van der Waals surface area contributed by atoms with Crippen molar-refractivity contribution in [3.8, 4) is 0 Å². The maximum Gasteiger partial charge on any atom is -0.0106 e. The highest BCUT2D eigenvalue weighted by molar-refractivity contribution is 5.94. The molecule has 0 fully saturated rings. The Morgan fingerprint density at radius 3 is 2.11 bits per heavy atom. The Hall–Kier alpha value is -1.56. The predicted octanol–water partition coefficient (Wildman–Crippen LogP) is 5.91. The van der Waals surface area contributed by atoms with Gasteiger partial charge in [-0.3, -0.25) is 0 Å². The van der Waals surface area contributed by atoms with E-state index in [2.05, 4.69) is 64.1 Å². The van der Waals surface area contributed by atoms with Gasteiger partial charge in [0, 0.05) is 0 Å². The van der Waals surface area contributed by atoms with Gasteiger partial charge >= 0.3 is 0 Å². The van der Waals surface area contributed by atoms with Crippen molar-refractivity contribution in [2.24, 2.45) is 0 Å². The summed E-state index contributed by atoms with van der Waals surface area (Å²) in [5.41, 5.74) is 5.40. The molecule has 0 atom stereocenters. The van der Waals surface area contributed by atoms with Gasteiger partial charge in [0.25, 0.3) is 0 Å². The molecule has 0 heteroatoms. The number of aryl methyl sites for hydroxylation is 2. The Labute approximate surface area is 111 Å². The third-order valence-corrected chi connectivity index (χ3v) is 2.97. The first-order chi connectivity index (χ1) is 8.59. The molecule has 2 rings (SSSR count). The van der Waals surface area contributed by atoms with Crippen molar-refractivity contribution in [2.75, 3.05) is 0 Å². The van der Waals surface area contributed by atoms with Crippen LogP contribution >= 0.6 is 0 Å². The summed E-state index contributed by atoms with van der Waals surface area (Å²) in [5, 5.41) is 2.72. The molecule has 0 unspecified atom stereocenters. The molecule has 18 heavy (non-hydrogen) atoms. The lowest BCUT2D eigenvalue weighted by atomic mass is 9.96. The van der Waals surface area contributed by atoms with Crippen LogP contribution in [0.5, 0.6) is 0 Å². The number of benzene rings is 2. The first-order valence-corrected chi connectivity index (χ1v) is 6.73. The van der Waals surface area contributed by atoms with E-state index >= 15 is 0 Å². The molecule has 0 bridgehead atoms. The van der Waals surface area contributed by atoms with Crippen molar-refractivity contribution >= 4 is 16.8 Å². The molecule has 0 saturated carbocycles. The van der Waals surface area contributed by atoms with E-state index in [1.54, 1.807) is 0 Å². The summed E-state index contributed by atoms with van der Waals surface area (Å²) in [6.07, 6.45) is 2.27. The highest BCUT2D eigenvalue weighted by atomic mass is 14.1. The second kappa shape index (κ2) is 6.39. The lowest BCUT2D eigenvalue weighted by Gasteiger charge is -2.09. The van der Waals surface area contributed by atoms with Crippen LogP contribution in [-0.4, -0.2) is 0 Å². The Balaban J connectivity index is 0.000000771. The number of hydrogen-bond acceptors (Lipinski definition) is 0. The van der Waals surface area contributed by atoms with Crippen molar-refractivity contribution in [1.82, 2.24) is 0 Å². The molecule has 0 heterocycles. The molecule has 0 amide bonds. The van der Waals surface area contributed by atoms with E-state index in [-0.39, 0.29) is 0 Å². The molecule has 0 nitrogen and oxygen atoms in total. The zero-order chi connectivity index (χ0) is 13.7. The van der Waals surface area contributed by atoms with Crippen LogP contribution in [0.15, 0.2) is 35.9 Å². The summed E-state index contributed by atoms with van der Waals surface area (Å²) in [7, 11) is 0. The molecule has 0 saturated heterocycles. The van der Waals surface area contributed by atoms with Gasteiger partial charge in [0.1, 0.15) is 0 Å². The largest absolute Gasteiger partial charge is 0.0758 e. The van der Waals surface area contributed by atoms with Crippen molar-refractivity contribution < 1.29 is 0 Å². The highest BCUT2D eigenvalue weighted by Gasteiger charge is 2.03. The standard InChI is InChI=1S/C16H18.C2H6/c1-11(2)10-16-13(4)8-9-14-12(3)6-5-7-15(14)16;1-2/h5-10H,1-4H3;1-2H3. The van der Waals surface area contributed by atoms with Crippen molar-refractivity contribution in [2.45, 2.75) is 41.5 Å². The maximum atomic E-state index is 2.27. The zero-order valence-corrected chi connectivity index (χ0v) is 12.5. The van der Waals surface area contributed by atoms with Crippen molar-refractivity contribution in [1.29, 1.82) is 0 Å². The van der Waals surface area contributed by atoms with Gasteiger partial charge in [-0.1, -0.05) is 55.8 Å².